The Hall–Kier alpha value is 0.0200. The Morgan fingerprint density at radius 1 is 1.46 bits per heavy atom. The van der Waals surface area contributed by atoms with E-state index < -0.39 is 26.4 Å². The van der Waals surface area contributed by atoms with Crippen LogP contribution in [0.4, 0.5) is 0 Å². The predicted molar refractivity (Wildman–Crippen MR) is 42.8 cm³/mol. The van der Waals surface area contributed by atoms with Crippen molar-refractivity contribution in [2.45, 2.75) is 0 Å². The molecule has 0 aromatic rings. The predicted octanol–water partition coefficient (Wildman–Crippen LogP) is -1.19. The van der Waals surface area contributed by atoms with Gasteiger partial charge in [0.25, 0.3) is 0 Å². The summed E-state index contributed by atoms with van der Waals surface area (Å²) in [5.41, 5.74) is 0. The quantitative estimate of drug-likeness (QED) is 0.230. The number of nitroso groups, excluding NO2 is 1. The molecular formula is C3H7N2NaO6P. The Bertz CT molecular complexity index is 228. The largest absolute Gasteiger partial charge is 0.480 e. The molecule has 0 aliphatic carbocycles. The summed E-state index contributed by atoms with van der Waals surface area (Å²) < 4.78 is 10.2. The van der Waals surface area contributed by atoms with Crippen LogP contribution in [0.5, 0.6) is 0 Å². The minimum absolute atomic E-state index is 0. The maximum atomic E-state index is 10.2. The third kappa shape index (κ3) is 9.94. The van der Waals surface area contributed by atoms with Crippen molar-refractivity contribution in [1.29, 1.82) is 0 Å². The first kappa shape index (κ1) is 15.5. The fourth-order valence-electron chi connectivity index (χ4n) is 0.473. The van der Waals surface area contributed by atoms with Gasteiger partial charge in [0.05, 0.1) is 5.29 Å². The van der Waals surface area contributed by atoms with Crippen LogP contribution in [0.25, 0.3) is 0 Å². The molecule has 0 heterocycles. The first-order valence-corrected chi connectivity index (χ1v) is 4.49. The zero-order valence-electron chi connectivity index (χ0n) is 6.82. The SMILES string of the molecule is O=NN(CC(=O)O)CP(=O)(O)O.[Na]. The fourth-order valence-corrected chi connectivity index (χ4v) is 1.05. The molecule has 0 saturated heterocycles. The number of hydrogen-bond acceptors (Lipinski definition) is 4. The van der Waals surface area contributed by atoms with E-state index in [-0.39, 0.29) is 34.6 Å². The number of carbonyl (C=O) groups is 1. The van der Waals surface area contributed by atoms with E-state index in [1.807, 2.05) is 0 Å². The maximum Gasteiger partial charge on any atom is 0.346 e. The van der Waals surface area contributed by atoms with E-state index in [0.717, 1.165) is 0 Å². The summed E-state index contributed by atoms with van der Waals surface area (Å²) in [6, 6.07) is 0. The second kappa shape index (κ2) is 6.47. The molecule has 0 aliphatic rings. The molecule has 0 spiro atoms. The summed E-state index contributed by atoms with van der Waals surface area (Å²) in [7, 11) is -4.43. The van der Waals surface area contributed by atoms with Crippen molar-refractivity contribution in [3.8, 4) is 0 Å². The van der Waals surface area contributed by atoms with Gasteiger partial charge in [-0.1, -0.05) is 0 Å². The minimum atomic E-state index is -4.43. The van der Waals surface area contributed by atoms with Crippen molar-refractivity contribution >= 4 is 43.1 Å². The van der Waals surface area contributed by atoms with Gasteiger partial charge in [0, 0.05) is 29.6 Å². The van der Waals surface area contributed by atoms with Crippen LogP contribution in [-0.4, -0.2) is 68.3 Å². The summed E-state index contributed by atoms with van der Waals surface area (Å²) >= 11 is 0. The smallest absolute Gasteiger partial charge is 0.346 e. The van der Waals surface area contributed by atoms with Gasteiger partial charge in [-0.05, 0) is 0 Å². The Balaban J connectivity index is 0. The molecule has 0 aromatic carbocycles. The number of hydrogen-bond donors (Lipinski definition) is 3. The van der Waals surface area contributed by atoms with Crippen LogP contribution in [0.3, 0.4) is 0 Å². The molecule has 0 fully saturated rings. The molecule has 13 heavy (non-hydrogen) atoms. The van der Waals surface area contributed by atoms with Gasteiger partial charge in [-0.2, -0.15) is 0 Å². The molecule has 0 aliphatic heterocycles. The minimum Gasteiger partial charge on any atom is -0.480 e. The number of rotatable bonds is 5. The van der Waals surface area contributed by atoms with Gasteiger partial charge in [-0.25, -0.2) is 5.01 Å². The van der Waals surface area contributed by atoms with E-state index in [9.17, 15) is 14.3 Å². The van der Waals surface area contributed by atoms with Gasteiger partial charge < -0.3 is 14.9 Å². The van der Waals surface area contributed by atoms with Crippen LogP contribution in [0.15, 0.2) is 5.29 Å². The maximum absolute atomic E-state index is 10.2. The van der Waals surface area contributed by atoms with Gasteiger partial charge in [-0.15, -0.1) is 4.91 Å². The van der Waals surface area contributed by atoms with Gasteiger partial charge in [0.15, 0.2) is 0 Å². The molecule has 0 rings (SSSR count). The summed E-state index contributed by atoms with van der Waals surface area (Å²) in [6.45, 7) is -0.825. The second-order valence-electron chi connectivity index (χ2n) is 1.95. The number of carboxylic acid groups (broad SMARTS) is 1. The Morgan fingerprint density at radius 3 is 2.15 bits per heavy atom. The molecule has 1 radical (unpaired) electrons. The van der Waals surface area contributed by atoms with Crippen LogP contribution in [0.2, 0.25) is 0 Å². The van der Waals surface area contributed by atoms with Crippen LogP contribution in [0.1, 0.15) is 0 Å². The molecule has 71 valence electrons. The first-order chi connectivity index (χ1) is 5.35. The molecule has 0 bridgehead atoms. The van der Waals surface area contributed by atoms with Gasteiger partial charge in [0.2, 0.25) is 0 Å². The molecule has 0 aromatic heterocycles. The third-order valence-corrected chi connectivity index (χ3v) is 1.48. The van der Waals surface area contributed by atoms with Crippen molar-refractivity contribution in [2.75, 3.05) is 12.8 Å². The molecule has 0 amide bonds. The average molecular weight is 221 g/mol. The van der Waals surface area contributed by atoms with Crippen molar-refractivity contribution in [2.24, 2.45) is 5.29 Å². The summed E-state index contributed by atoms with van der Waals surface area (Å²) in [5.74, 6) is -1.39. The normalized spacial score (nSPS) is 10.0. The van der Waals surface area contributed by atoms with Crippen molar-refractivity contribution in [1.82, 2.24) is 5.01 Å². The topological polar surface area (TPSA) is 128 Å². The van der Waals surface area contributed by atoms with E-state index in [2.05, 4.69) is 5.29 Å². The number of carboxylic acids is 1. The standard InChI is InChI=1S/C3H7N2O6P.Na/c6-3(7)1-5(4-8)2-12(9,10)11;/h1-2H2,(H,6,7)(H2,9,10,11);. The van der Waals surface area contributed by atoms with E-state index >= 15 is 0 Å². The molecule has 3 N–H and O–H groups in total. The molecule has 10 heteroatoms. The second-order valence-corrected chi connectivity index (χ2v) is 3.56. The van der Waals surface area contributed by atoms with Crippen molar-refractivity contribution in [3.63, 3.8) is 0 Å². The van der Waals surface area contributed by atoms with Crippen LogP contribution >= 0.6 is 7.60 Å². The van der Waals surface area contributed by atoms with Crippen LogP contribution < -0.4 is 0 Å². The molecule has 0 saturated carbocycles. The zero-order valence-corrected chi connectivity index (χ0v) is 9.72. The first-order valence-electron chi connectivity index (χ1n) is 2.70. The summed E-state index contributed by atoms with van der Waals surface area (Å²) in [6.07, 6.45) is -0.983. The Labute approximate surface area is 95.3 Å². The van der Waals surface area contributed by atoms with Crippen molar-refractivity contribution < 1.29 is 24.3 Å². The van der Waals surface area contributed by atoms with Crippen LogP contribution in [0, 0.1) is 4.91 Å². The molecule has 0 unspecified atom stereocenters. The van der Waals surface area contributed by atoms with E-state index in [4.69, 9.17) is 14.9 Å². The van der Waals surface area contributed by atoms with Gasteiger partial charge in [-0.3, -0.25) is 9.36 Å². The Kier molecular flexibility index (Phi) is 7.71. The van der Waals surface area contributed by atoms with Crippen LogP contribution in [-0.2, 0) is 9.36 Å². The zero-order chi connectivity index (χ0) is 9.78. The third-order valence-electron chi connectivity index (χ3n) is 0.781. The number of aliphatic carboxylic acids is 1. The fraction of sp³-hybridized carbons (Fsp3) is 0.667. The van der Waals surface area contributed by atoms with E-state index in [1.54, 1.807) is 0 Å². The summed E-state index contributed by atoms with van der Waals surface area (Å²) in [4.78, 5) is 36.4. The monoisotopic (exact) mass is 221 g/mol. The van der Waals surface area contributed by atoms with E-state index in [1.165, 1.54) is 0 Å². The summed E-state index contributed by atoms with van der Waals surface area (Å²) in [5, 5.41) is 10.5. The van der Waals surface area contributed by atoms with Crippen molar-refractivity contribution in [3.05, 3.63) is 4.91 Å². The Morgan fingerprint density at radius 2 is 1.92 bits per heavy atom. The molecular weight excluding hydrogens is 214 g/mol. The van der Waals surface area contributed by atoms with Gasteiger partial charge in [0.1, 0.15) is 12.8 Å². The van der Waals surface area contributed by atoms with E-state index in [0.29, 0.717) is 0 Å². The molecule has 0 atom stereocenters. The molecule has 8 nitrogen and oxygen atoms in total. The van der Waals surface area contributed by atoms with Gasteiger partial charge >= 0.3 is 13.6 Å². The number of nitrogens with zero attached hydrogens (tertiary/aromatic N) is 2. The average Bonchev–Trinajstić information content (AvgIpc) is 1.82.